The second-order valence-corrected chi connectivity index (χ2v) is 8.89. The number of sulfonamides is 1. The van der Waals surface area contributed by atoms with E-state index in [1.807, 2.05) is 6.92 Å². The molecule has 156 valence electrons. The number of alkyl halides is 2. The van der Waals surface area contributed by atoms with Crippen molar-refractivity contribution in [2.45, 2.75) is 43.5 Å². The van der Waals surface area contributed by atoms with Gasteiger partial charge in [-0.2, -0.15) is 0 Å². The molecule has 0 saturated heterocycles. The third-order valence-corrected chi connectivity index (χ3v) is 5.88. The van der Waals surface area contributed by atoms with Gasteiger partial charge in [-0.25, -0.2) is 27.1 Å². The maximum atomic E-state index is 13.3. The predicted molar refractivity (Wildman–Crippen MR) is 107 cm³/mol. The quantitative estimate of drug-likeness (QED) is 0.774. The molecule has 9 heteroatoms. The second-order valence-electron chi connectivity index (χ2n) is 7.33. The van der Waals surface area contributed by atoms with Crippen LogP contribution in [-0.4, -0.2) is 27.0 Å². The Morgan fingerprint density at radius 1 is 1.24 bits per heavy atom. The predicted octanol–water partition coefficient (Wildman–Crippen LogP) is 3.15. The molecule has 0 aromatic heterocycles. The van der Waals surface area contributed by atoms with Crippen LogP contribution in [0.15, 0.2) is 47.4 Å². The van der Waals surface area contributed by atoms with Gasteiger partial charge in [-0.15, -0.1) is 0 Å². The summed E-state index contributed by atoms with van der Waals surface area (Å²) in [5, 5.41) is 8.00. The van der Waals surface area contributed by atoms with Crippen LogP contribution < -0.4 is 15.4 Å². The van der Waals surface area contributed by atoms with E-state index in [1.165, 1.54) is 29.2 Å². The zero-order valence-corrected chi connectivity index (χ0v) is 17.0. The molecule has 1 unspecified atom stereocenters. The summed E-state index contributed by atoms with van der Waals surface area (Å²) in [5.74, 6) is -2.89. The van der Waals surface area contributed by atoms with E-state index in [0.29, 0.717) is 25.1 Å². The fraction of sp³-hybridized carbons (Fsp3) is 0.350. The minimum absolute atomic E-state index is 0.0454. The summed E-state index contributed by atoms with van der Waals surface area (Å²) in [7, 11) is -3.87. The molecule has 0 bridgehead atoms. The molecule has 0 spiro atoms. The maximum absolute atomic E-state index is 13.3. The van der Waals surface area contributed by atoms with Crippen LogP contribution in [0.25, 0.3) is 0 Å². The molecule has 2 aromatic rings. The van der Waals surface area contributed by atoms with Crippen molar-refractivity contribution in [3.05, 3.63) is 59.2 Å². The Bertz CT molecular complexity index is 1020. The largest absolute Gasteiger partial charge is 0.337 e. The van der Waals surface area contributed by atoms with Gasteiger partial charge in [0.25, 0.3) is 5.92 Å². The zero-order chi connectivity index (χ0) is 21.4. The van der Waals surface area contributed by atoms with E-state index in [4.69, 9.17) is 5.14 Å². The topological polar surface area (TPSA) is 92.5 Å². The van der Waals surface area contributed by atoms with Crippen molar-refractivity contribution in [2.24, 2.45) is 5.14 Å². The van der Waals surface area contributed by atoms with E-state index in [9.17, 15) is 22.0 Å². The van der Waals surface area contributed by atoms with Crippen molar-refractivity contribution in [3.8, 4) is 0 Å². The summed E-state index contributed by atoms with van der Waals surface area (Å²) in [6.07, 6.45) is 1.09. The highest BCUT2D eigenvalue weighted by molar-refractivity contribution is 7.89. The number of nitrogens with two attached hydrogens (primary N) is 1. The SMILES string of the molecule is CC1Cc2ccc(S(N)(=O)=O)cc2N1C(=O)NCCc1ccc(C(C)(F)F)cc1. The van der Waals surface area contributed by atoms with Crippen LogP contribution in [0.3, 0.4) is 0 Å². The normalized spacial score (nSPS) is 16.6. The van der Waals surface area contributed by atoms with Crippen LogP contribution in [0.4, 0.5) is 19.3 Å². The number of carbonyl (C=O) groups is 1. The number of hydrogen-bond acceptors (Lipinski definition) is 3. The van der Waals surface area contributed by atoms with Gasteiger partial charge >= 0.3 is 6.03 Å². The first kappa shape index (κ1) is 21.2. The molecular formula is C20H23F2N3O3S. The number of amides is 2. The third kappa shape index (κ3) is 4.73. The summed E-state index contributed by atoms with van der Waals surface area (Å²) in [6.45, 7) is 3.03. The number of hydrogen-bond donors (Lipinski definition) is 2. The Morgan fingerprint density at radius 2 is 1.90 bits per heavy atom. The Balaban J connectivity index is 1.66. The monoisotopic (exact) mass is 423 g/mol. The highest BCUT2D eigenvalue weighted by Crippen LogP contribution is 2.34. The molecule has 1 atom stereocenters. The highest BCUT2D eigenvalue weighted by atomic mass is 32.2. The lowest BCUT2D eigenvalue weighted by molar-refractivity contribution is 0.0174. The zero-order valence-electron chi connectivity index (χ0n) is 16.2. The number of nitrogens with one attached hydrogen (secondary N) is 1. The van der Waals surface area contributed by atoms with Gasteiger partial charge in [0.05, 0.1) is 10.6 Å². The molecule has 2 aromatic carbocycles. The van der Waals surface area contributed by atoms with Crippen LogP contribution in [0, 0.1) is 0 Å². The van der Waals surface area contributed by atoms with Gasteiger partial charge in [0.15, 0.2) is 0 Å². The minimum Gasteiger partial charge on any atom is -0.337 e. The summed E-state index contributed by atoms with van der Waals surface area (Å²) >= 11 is 0. The van der Waals surface area contributed by atoms with Crippen LogP contribution in [0.1, 0.15) is 30.5 Å². The van der Waals surface area contributed by atoms with E-state index in [2.05, 4.69) is 5.32 Å². The molecule has 29 heavy (non-hydrogen) atoms. The number of urea groups is 1. The van der Waals surface area contributed by atoms with Crippen molar-refractivity contribution >= 4 is 21.7 Å². The average molecular weight is 423 g/mol. The summed E-state index contributed by atoms with van der Waals surface area (Å²) in [4.78, 5) is 14.2. The Kier molecular flexibility index (Phi) is 5.64. The molecule has 1 heterocycles. The lowest BCUT2D eigenvalue weighted by Crippen LogP contribution is -2.44. The molecule has 0 saturated carbocycles. The molecule has 3 rings (SSSR count). The fourth-order valence-corrected chi connectivity index (χ4v) is 3.97. The first-order valence-corrected chi connectivity index (χ1v) is 10.7. The lowest BCUT2D eigenvalue weighted by Gasteiger charge is -2.23. The van der Waals surface area contributed by atoms with Crippen LogP contribution in [-0.2, 0) is 28.8 Å². The highest BCUT2D eigenvalue weighted by Gasteiger charge is 2.32. The van der Waals surface area contributed by atoms with Crippen molar-refractivity contribution < 1.29 is 22.0 Å². The number of benzene rings is 2. The third-order valence-electron chi connectivity index (χ3n) is 4.97. The number of rotatable bonds is 5. The average Bonchev–Trinajstić information content (AvgIpc) is 2.95. The van der Waals surface area contributed by atoms with E-state index >= 15 is 0 Å². The van der Waals surface area contributed by atoms with E-state index in [-0.39, 0.29) is 22.5 Å². The molecule has 1 aliphatic rings. The standard InChI is InChI=1S/C20H23F2N3O3S/c1-13-11-15-5-8-17(29(23,27)28)12-18(15)25(13)19(26)24-10-9-14-3-6-16(7-4-14)20(2,21)22/h3-8,12-13H,9-11H2,1-2H3,(H,24,26)(H2,23,27,28). The molecule has 0 fully saturated rings. The van der Waals surface area contributed by atoms with Gasteiger partial charge in [-0.05, 0) is 43.0 Å². The molecule has 0 radical (unpaired) electrons. The van der Waals surface area contributed by atoms with E-state index in [1.54, 1.807) is 18.2 Å². The van der Waals surface area contributed by atoms with Crippen LogP contribution in [0.2, 0.25) is 0 Å². The van der Waals surface area contributed by atoms with Crippen molar-refractivity contribution in [1.82, 2.24) is 5.32 Å². The first-order chi connectivity index (χ1) is 13.5. The molecule has 6 nitrogen and oxygen atoms in total. The Labute approximate surface area is 168 Å². The molecule has 1 aliphatic heterocycles. The molecule has 2 amide bonds. The number of halogens is 2. The molecule has 0 aliphatic carbocycles. The van der Waals surface area contributed by atoms with Crippen LogP contribution >= 0.6 is 0 Å². The Morgan fingerprint density at radius 3 is 2.48 bits per heavy atom. The molecular weight excluding hydrogens is 400 g/mol. The number of nitrogens with zero attached hydrogens (tertiary/aromatic N) is 1. The summed E-state index contributed by atoms with van der Waals surface area (Å²) in [6, 6.07) is 10.0. The smallest absolute Gasteiger partial charge is 0.322 e. The Hall–Kier alpha value is -2.52. The van der Waals surface area contributed by atoms with Crippen molar-refractivity contribution in [2.75, 3.05) is 11.4 Å². The summed E-state index contributed by atoms with van der Waals surface area (Å²) in [5.41, 5.74) is 2.16. The number of anilines is 1. The fourth-order valence-electron chi connectivity index (χ4n) is 3.44. The van der Waals surface area contributed by atoms with Gasteiger partial charge in [0.2, 0.25) is 10.0 Å². The van der Waals surface area contributed by atoms with Crippen molar-refractivity contribution in [1.29, 1.82) is 0 Å². The van der Waals surface area contributed by atoms with Gasteiger partial charge in [-0.3, -0.25) is 4.90 Å². The second kappa shape index (κ2) is 7.72. The number of fused-ring (bicyclic) bond motifs is 1. The van der Waals surface area contributed by atoms with Crippen molar-refractivity contribution in [3.63, 3.8) is 0 Å². The van der Waals surface area contributed by atoms with Gasteiger partial charge < -0.3 is 5.32 Å². The molecule has 3 N–H and O–H groups in total. The van der Waals surface area contributed by atoms with E-state index in [0.717, 1.165) is 18.1 Å². The maximum Gasteiger partial charge on any atom is 0.322 e. The lowest BCUT2D eigenvalue weighted by atomic mass is 10.1. The van der Waals surface area contributed by atoms with Gasteiger partial charge in [-0.1, -0.05) is 30.3 Å². The van der Waals surface area contributed by atoms with Gasteiger partial charge in [0.1, 0.15) is 0 Å². The summed E-state index contributed by atoms with van der Waals surface area (Å²) < 4.78 is 49.8. The van der Waals surface area contributed by atoms with Gasteiger partial charge in [0, 0.05) is 25.1 Å². The minimum atomic E-state index is -3.87. The van der Waals surface area contributed by atoms with Crippen LogP contribution in [0.5, 0.6) is 0 Å². The van der Waals surface area contributed by atoms with E-state index < -0.39 is 15.9 Å². The number of carbonyl (C=O) groups excluding carboxylic acids is 1. The number of primary sulfonamides is 1. The first-order valence-electron chi connectivity index (χ1n) is 9.17.